The number of aliphatic carboxylic acids is 1. The lowest BCUT2D eigenvalue weighted by atomic mass is 9.79. The molecule has 6 atom stereocenters. The van der Waals surface area contributed by atoms with E-state index in [-0.39, 0.29) is 18.1 Å². The van der Waals surface area contributed by atoms with Crippen LogP contribution in [0.1, 0.15) is 85.4 Å². The molecule has 1 fully saturated rings. The van der Waals surface area contributed by atoms with E-state index < -0.39 is 43.2 Å². The Balaban J connectivity index is 2.03. The van der Waals surface area contributed by atoms with Gasteiger partial charge in [0.05, 0.1) is 26.4 Å². The second kappa shape index (κ2) is 14.3. The molecule has 1 aromatic carbocycles. The third-order valence-electron chi connectivity index (χ3n) is 8.67. The van der Waals surface area contributed by atoms with E-state index in [9.17, 15) is 19.3 Å². The number of benzene rings is 1. The van der Waals surface area contributed by atoms with Gasteiger partial charge < -0.3 is 23.8 Å². The van der Waals surface area contributed by atoms with E-state index in [4.69, 9.17) is 18.7 Å². The van der Waals surface area contributed by atoms with Gasteiger partial charge in [-0.25, -0.2) is 10.2 Å². The zero-order chi connectivity index (χ0) is 32.3. The lowest BCUT2D eigenvalue weighted by Crippen LogP contribution is -2.56. The van der Waals surface area contributed by atoms with Crippen molar-refractivity contribution < 1.29 is 38.0 Å². The molecule has 0 radical (unpaired) electrons. The van der Waals surface area contributed by atoms with Crippen LogP contribution in [0, 0.1) is 17.8 Å². The highest BCUT2D eigenvalue weighted by Gasteiger charge is 2.48. The number of esters is 1. The lowest BCUT2D eigenvalue weighted by molar-refractivity contribution is -0.149. The van der Waals surface area contributed by atoms with Gasteiger partial charge in [-0.05, 0) is 88.0 Å². The summed E-state index contributed by atoms with van der Waals surface area (Å²) in [7, 11) is -0.918. The third-order valence-corrected chi connectivity index (χ3v) is 10.7. The minimum Gasteiger partial charge on any atom is -0.493 e. The Morgan fingerprint density at radius 3 is 2.26 bits per heavy atom. The molecule has 0 spiro atoms. The highest BCUT2D eigenvalue weighted by molar-refractivity contribution is 7.54. The van der Waals surface area contributed by atoms with Gasteiger partial charge in [0, 0.05) is 19.1 Å². The Morgan fingerprint density at radius 1 is 1.09 bits per heavy atom. The van der Waals surface area contributed by atoms with E-state index in [0.717, 1.165) is 31.5 Å². The molecule has 0 bridgehead atoms. The minimum atomic E-state index is -4.16. The first kappa shape index (κ1) is 35.3. The summed E-state index contributed by atoms with van der Waals surface area (Å²) in [6.45, 7) is 15.9. The molecule has 2 aliphatic heterocycles. The molecule has 0 amide bonds. The molecule has 3 rings (SSSR count). The topological polar surface area (TPSA) is 136 Å². The van der Waals surface area contributed by atoms with Gasteiger partial charge in [0.15, 0.2) is 11.5 Å². The maximum absolute atomic E-state index is 14.8. The monoisotopic (exact) mass is 625 g/mol. The van der Waals surface area contributed by atoms with Crippen LogP contribution in [0.3, 0.4) is 0 Å². The highest BCUT2D eigenvalue weighted by Crippen LogP contribution is 2.50. The molecule has 2 heterocycles. The smallest absolute Gasteiger partial charge is 0.342 e. The van der Waals surface area contributed by atoms with Gasteiger partial charge in [0.1, 0.15) is 11.6 Å². The van der Waals surface area contributed by atoms with Gasteiger partial charge in [-0.15, -0.1) is 0 Å². The predicted octanol–water partition coefficient (Wildman–Crippen LogP) is 5.18. The molecule has 0 aromatic heterocycles. The SMILES string of the molecule is COc1cc2c(cc1OC)[C@H]1CC(OP(=O)(N[C@@H](C)C(=O)OC(C)C)NC(C)(C(=O)O)C(C)C)[C@H](CC(C)C)CN1CC2. The molecule has 2 aliphatic rings. The van der Waals surface area contributed by atoms with E-state index in [2.05, 4.69) is 28.9 Å². The zero-order valence-corrected chi connectivity index (χ0v) is 28.3. The van der Waals surface area contributed by atoms with Crippen LogP contribution >= 0.6 is 7.67 Å². The molecule has 244 valence electrons. The van der Waals surface area contributed by atoms with E-state index >= 15 is 0 Å². The van der Waals surface area contributed by atoms with Crippen molar-refractivity contribution in [3.63, 3.8) is 0 Å². The average molecular weight is 626 g/mol. The molecule has 3 unspecified atom stereocenters. The molecule has 43 heavy (non-hydrogen) atoms. The summed E-state index contributed by atoms with van der Waals surface area (Å²) in [5.74, 6) is -0.498. The van der Waals surface area contributed by atoms with Crippen molar-refractivity contribution in [1.29, 1.82) is 0 Å². The quantitative estimate of drug-likeness (QED) is 0.186. The van der Waals surface area contributed by atoms with E-state index in [1.807, 2.05) is 12.1 Å². The molecule has 12 heteroatoms. The maximum atomic E-state index is 14.8. The van der Waals surface area contributed by atoms with Gasteiger partial charge in [-0.1, -0.05) is 27.7 Å². The van der Waals surface area contributed by atoms with Gasteiger partial charge in [0.25, 0.3) is 0 Å². The first-order valence-electron chi connectivity index (χ1n) is 15.3. The molecule has 0 aliphatic carbocycles. The maximum Gasteiger partial charge on any atom is 0.342 e. The molecular formula is C31H52N3O8P. The number of methoxy groups -OCH3 is 2. The second-order valence-electron chi connectivity index (χ2n) is 13.1. The summed E-state index contributed by atoms with van der Waals surface area (Å²) >= 11 is 0. The summed E-state index contributed by atoms with van der Waals surface area (Å²) in [5.41, 5.74) is 0.685. The number of rotatable bonds is 14. The van der Waals surface area contributed by atoms with Crippen molar-refractivity contribution in [3.05, 3.63) is 23.3 Å². The number of carboxylic acid groups (broad SMARTS) is 1. The number of nitrogens with one attached hydrogen (secondary N) is 2. The number of carbonyl (C=O) groups excluding carboxylic acids is 1. The first-order chi connectivity index (χ1) is 20.0. The van der Waals surface area contributed by atoms with E-state index in [0.29, 0.717) is 23.8 Å². The van der Waals surface area contributed by atoms with Crippen molar-refractivity contribution in [3.8, 4) is 11.5 Å². The van der Waals surface area contributed by atoms with Crippen molar-refractivity contribution in [2.75, 3.05) is 27.3 Å². The molecule has 3 N–H and O–H groups in total. The molecule has 1 saturated heterocycles. The van der Waals surface area contributed by atoms with Crippen molar-refractivity contribution in [1.82, 2.24) is 15.1 Å². The van der Waals surface area contributed by atoms with Gasteiger partial charge in [-0.2, -0.15) is 0 Å². The highest BCUT2D eigenvalue weighted by atomic mass is 31.2. The van der Waals surface area contributed by atoms with Crippen LogP contribution in [-0.4, -0.2) is 73.0 Å². The zero-order valence-electron chi connectivity index (χ0n) is 27.4. The lowest BCUT2D eigenvalue weighted by Gasteiger charge is -2.48. The second-order valence-corrected chi connectivity index (χ2v) is 14.9. The van der Waals surface area contributed by atoms with Gasteiger partial charge in [-0.3, -0.25) is 19.1 Å². The van der Waals surface area contributed by atoms with Crippen LogP contribution in [0.5, 0.6) is 11.5 Å². The Morgan fingerprint density at radius 2 is 1.72 bits per heavy atom. The number of fused-ring (bicyclic) bond motifs is 3. The van der Waals surface area contributed by atoms with E-state index in [1.54, 1.807) is 48.8 Å². The Labute approximate surface area is 256 Å². The summed E-state index contributed by atoms with van der Waals surface area (Å²) in [6, 6.07) is 3.01. The van der Waals surface area contributed by atoms with E-state index in [1.165, 1.54) is 12.5 Å². The van der Waals surface area contributed by atoms with Crippen LogP contribution < -0.4 is 19.6 Å². The van der Waals surface area contributed by atoms with Crippen LogP contribution in [0.4, 0.5) is 0 Å². The largest absolute Gasteiger partial charge is 0.493 e. The van der Waals surface area contributed by atoms with Gasteiger partial charge >= 0.3 is 19.6 Å². The van der Waals surface area contributed by atoms with Crippen LogP contribution in [0.2, 0.25) is 0 Å². The standard InChI is InChI=1S/C31H52N3O8P/c1-18(2)13-23-17-34-12-11-22-14-27(39-9)28(40-10)15-24(22)25(34)16-26(23)42-43(38,32-21(7)29(35)41-20(5)6)33-31(8,19(3)4)30(36)37/h14-15,18-21,23,25-26H,11-13,16-17H2,1-10H3,(H,36,37)(H2,32,33,38)/t21-,23+,25+,26?,31?,43?/m0/s1. The summed E-state index contributed by atoms with van der Waals surface area (Å²) in [6.07, 6.45) is 1.37. The fraction of sp³-hybridized carbons (Fsp3) is 0.742. The fourth-order valence-electron chi connectivity index (χ4n) is 6.02. The number of nitrogens with zero attached hydrogens (tertiary/aromatic N) is 1. The summed E-state index contributed by atoms with van der Waals surface area (Å²) in [5, 5.41) is 15.9. The van der Waals surface area contributed by atoms with Gasteiger partial charge in [0.2, 0.25) is 0 Å². The summed E-state index contributed by atoms with van der Waals surface area (Å²) < 4.78 is 37.8. The molecule has 1 aromatic rings. The number of hydrogen-bond acceptors (Lipinski definition) is 8. The number of carboxylic acids is 1. The third kappa shape index (κ3) is 8.31. The fourth-order valence-corrected chi connectivity index (χ4v) is 8.42. The number of piperidine rings is 1. The first-order valence-corrected chi connectivity index (χ1v) is 16.9. The van der Waals surface area contributed by atoms with Crippen molar-refractivity contribution in [2.24, 2.45) is 17.8 Å². The Bertz CT molecular complexity index is 1190. The Kier molecular flexibility index (Phi) is 11.7. The number of carbonyl (C=O) groups is 2. The average Bonchev–Trinajstić information content (AvgIpc) is 2.91. The minimum absolute atomic E-state index is 0.0234. The molecule has 11 nitrogen and oxygen atoms in total. The summed E-state index contributed by atoms with van der Waals surface area (Å²) in [4.78, 5) is 27.7. The Hall–Kier alpha value is -2.17. The van der Waals surface area contributed by atoms with Crippen LogP contribution in [-0.2, 0) is 29.8 Å². The van der Waals surface area contributed by atoms with Crippen molar-refractivity contribution >= 4 is 19.6 Å². The van der Waals surface area contributed by atoms with Crippen LogP contribution in [0.25, 0.3) is 0 Å². The van der Waals surface area contributed by atoms with Crippen LogP contribution in [0.15, 0.2) is 12.1 Å². The number of ether oxygens (including phenoxy) is 3. The predicted molar refractivity (Wildman–Crippen MR) is 165 cm³/mol. The number of hydrogen-bond donors (Lipinski definition) is 3. The molecule has 0 saturated carbocycles. The molecular weight excluding hydrogens is 573 g/mol. The van der Waals surface area contributed by atoms with Crippen molar-refractivity contribution in [2.45, 2.75) is 104 Å². The normalized spacial score (nSPS) is 24.1.